The molecule has 0 fully saturated rings. The smallest absolute Gasteiger partial charge is 0.820 e. The summed E-state index contributed by atoms with van der Waals surface area (Å²) in [6.07, 6.45) is 0. The Morgan fingerprint density at radius 2 is 1.40 bits per heavy atom. The molecule has 0 saturated heterocycles. The fourth-order valence-electron chi connectivity index (χ4n) is 0. The zero-order valence-electron chi connectivity index (χ0n) is 2.04. The van der Waals surface area contributed by atoms with Crippen LogP contribution in [0.4, 0.5) is 0 Å². The molecule has 5 heavy (non-hydrogen) atoms. The maximum absolute atomic E-state index is 8.59. The molecule has 33 valence electrons. The van der Waals surface area contributed by atoms with Gasteiger partial charge in [-0.25, -0.2) is 0 Å². The Balaban J connectivity index is 0. The molecule has 1 radical (unpaired) electrons. The first-order valence-electron chi connectivity index (χ1n) is 0.565. The molecule has 5 heteroatoms. The van der Waals surface area contributed by atoms with Gasteiger partial charge in [0, 0.05) is 0 Å². The van der Waals surface area contributed by atoms with Crippen molar-refractivity contribution in [3.63, 3.8) is 0 Å². The van der Waals surface area contributed by atoms with Crippen LogP contribution in [-0.4, -0.2) is 4.89 Å². The standard InChI is InChI=1S/Co.HO3P/c;1-4(2)3/h;1H/q+2;-2. The fourth-order valence-corrected chi connectivity index (χ4v) is 0. The Morgan fingerprint density at radius 3 is 1.40 bits per heavy atom. The zero-order valence-corrected chi connectivity index (χ0v) is 3.98. The summed E-state index contributed by atoms with van der Waals surface area (Å²) in [6.45, 7) is 0. The molecule has 0 aliphatic carbocycles. The SMILES string of the molecule is [Co+2].[O-]P([O-])O. The van der Waals surface area contributed by atoms with Crippen molar-refractivity contribution >= 4 is 8.60 Å². The average Bonchev–Trinajstić information content (AvgIpc) is 0.811. The van der Waals surface area contributed by atoms with Crippen LogP contribution in [0.3, 0.4) is 0 Å². The first-order valence-corrected chi connectivity index (χ1v) is 1.70. The van der Waals surface area contributed by atoms with Gasteiger partial charge in [0.05, 0.1) is 0 Å². The van der Waals surface area contributed by atoms with Crippen molar-refractivity contribution in [2.45, 2.75) is 0 Å². The largest absolute Gasteiger partial charge is 2.00 e. The van der Waals surface area contributed by atoms with Crippen LogP contribution in [0.5, 0.6) is 0 Å². The molecule has 0 atom stereocenters. The molecule has 0 aromatic heterocycles. The molecule has 0 aliphatic rings. The number of hydrogen-bond acceptors (Lipinski definition) is 3. The van der Waals surface area contributed by atoms with Crippen LogP contribution in [0.15, 0.2) is 0 Å². The molecular weight excluding hydrogens is 138 g/mol. The molecule has 0 aromatic rings. The normalized spacial score (nSPS) is 7.20. The van der Waals surface area contributed by atoms with Crippen LogP contribution in [0.2, 0.25) is 0 Å². The summed E-state index contributed by atoms with van der Waals surface area (Å²) in [5.41, 5.74) is 0. The Bertz CT molecular complexity index is 11.6. The van der Waals surface area contributed by atoms with Gasteiger partial charge in [0.15, 0.2) is 0 Å². The van der Waals surface area contributed by atoms with Crippen molar-refractivity contribution < 1.29 is 31.5 Å². The van der Waals surface area contributed by atoms with Gasteiger partial charge in [0.25, 0.3) is 0 Å². The van der Waals surface area contributed by atoms with Gasteiger partial charge in [-0.2, -0.15) is 8.60 Å². The molecule has 0 amide bonds. The van der Waals surface area contributed by atoms with E-state index in [9.17, 15) is 0 Å². The molecule has 0 aliphatic heterocycles. The first kappa shape index (κ1) is 9.26. The summed E-state index contributed by atoms with van der Waals surface area (Å²) in [5.74, 6) is 0. The molecule has 0 aromatic carbocycles. The van der Waals surface area contributed by atoms with Gasteiger partial charge in [-0.05, 0) is 0 Å². The first-order chi connectivity index (χ1) is 1.73. The minimum absolute atomic E-state index is 0. The Kier molecular flexibility index (Phi) is 8.92. The summed E-state index contributed by atoms with van der Waals surface area (Å²) >= 11 is 0. The van der Waals surface area contributed by atoms with E-state index in [1.807, 2.05) is 0 Å². The van der Waals surface area contributed by atoms with Gasteiger partial charge in [-0.15, -0.1) is 0 Å². The third kappa shape index (κ3) is 57.3. The van der Waals surface area contributed by atoms with E-state index < -0.39 is 8.60 Å². The van der Waals surface area contributed by atoms with Crippen molar-refractivity contribution in [3.8, 4) is 0 Å². The van der Waals surface area contributed by atoms with E-state index >= 15 is 0 Å². The Morgan fingerprint density at radius 1 is 1.40 bits per heavy atom. The van der Waals surface area contributed by atoms with E-state index in [-0.39, 0.29) is 16.8 Å². The van der Waals surface area contributed by atoms with Crippen molar-refractivity contribution in [2.24, 2.45) is 0 Å². The van der Waals surface area contributed by atoms with Gasteiger partial charge in [0.1, 0.15) is 0 Å². The van der Waals surface area contributed by atoms with Crippen LogP contribution in [-0.2, 0) is 16.8 Å². The van der Waals surface area contributed by atoms with E-state index in [0.29, 0.717) is 0 Å². The van der Waals surface area contributed by atoms with E-state index in [1.54, 1.807) is 0 Å². The molecule has 1 N–H and O–H groups in total. The van der Waals surface area contributed by atoms with Crippen LogP contribution in [0.1, 0.15) is 0 Å². The third-order valence-corrected chi connectivity index (χ3v) is 0. The van der Waals surface area contributed by atoms with Gasteiger partial charge in [0.2, 0.25) is 0 Å². The zero-order chi connectivity index (χ0) is 3.58. The molecule has 0 heterocycles. The summed E-state index contributed by atoms with van der Waals surface area (Å²) in [6, 6.07) is 0. The van der Waals surface area contributed by atoms with Gasteiger partial charge >= 0.3 is 16.8 Å². The van der Waals surface area contributed by atoms with Crippen molar-refractivity contribution in [1.29, 1.82) is 0 Å². The van der Waals surface area contributed by atoms with Gasteiger partial charge in [-0.1, -0.05) is 0 Å². The van der Waals surface area contributed by atoms with Crippen LogP contribution in [0, 0.1) is 0 Å². The Hall–Kier alpha value is 0.816. The second-order valence-corrected chi connectivity index (χ2v) is 0.714. The van der Waals surface area contributed by atoms with Crippen molar-refractivity contribution in [3.05, 3.63) is 0 Å². The van der Waals surface area contributed by atoms with Crippen molar-refractivity contribution in [2.75, 3.05) is 0 Å². The quantitative estimate of drug-likeness (QED) is 0.391. The van der Waals surface area contributed by atoms with E-state index in [1.165, 1.54) is 0 Å². The maximum atomic E-state index is 8.59. The van der Waals surface area contributed by atoms with E-state index in [0.717, 1.165) is 0 Å². The van der Waals surface area contributed by atoms with E-state index in [2.05, 4.69) is 0 Å². The Labute approximate surface area is 40.8 Å². The van der Waals surface area contributed by atoms with Crippen molar-refractivity contribution in [1.82, 2.24) is 0 Å². The molecule has 0 bridgehead atoms. The topological polar surface area (TPSA) is 66.3 Å². The van der Waals surface area contributed by atoms with Crippen LogP contribution < -0.4 is 9.79 Å². The molecule has 0 saturated carbocycles. The average molecular weight is 139 g/mol. The van der Waals surface area contributed by atoms with Crippen LogP contribution in [0.25, 0.3) is 0 Å². The predicted octanol–water partition coefficient (Wildman–Crippen LogP) is -2.08. The minimum atomic E-state index is -3.12. The molecule has 0 rings (SSSR count). The van der Waals surface area contributed by atoms with E-state index in [4.69, 9.17) is 14.7 Å². The fraction of sp³-hybridized carbons (Fsp3) is 0. The number of rotatable bonds is 0. The predicted molar refractivity (Wildman–Crippen MR) is 9.14 cm³/mol. The van der Waals surface area contributed by atoms with Gasteiger partial charge < -0.3 is 14.7 Å². The summed E-state index contributed by atoms with van der Waals surface area (Å²) in [4.78, 5) is 24.2. The van der Waals surface area contributed by atoms with Crippen LogP contribution >= 0.6 is 8.60 Å². The molecule has 3 nitrogen and oxygen atoms in total. The molecular formula is HCoO3P. The third-order valence-electron chi connectivity index (χ3n) is 0. The van der Waals surface area contributed by atoms with Gasteiger partial charge in [-0.3, -0.25) is 0 Å². The summed E-state index contributed by atoms with van der Waals surface area (Å²) in [5, 5.41) is 0. The second kappa shape index (κ2) is 4.82. The summed E-state index contributed by atoms with van der Waals surface area (Å²) in [7, 11) is -3.12. The molecule has 0 spiro atoms. The second-order valence-electron chi connectivity index (χ2n) is 0.238. The number of hydrogen-bond donors (Lipinski definition) is 1. The monoisotopic (exact) mass is 139 g/mol. The molecule has 0 unspecified atom stereocenters. The maximum Gasteiger partial charge on any atom is 2.00 e. The summed E-state index contributed by atoms with van der Waals surface area (Å²) < 4.78 is 0. The minimum Gasteiger partial charge on any atom is -0.820 e.